The Kier molecular flexibility index (Phi) is 7.58. The molecule has 2 atom stereocenters. The van der Waals surface area contributed by atoms with E-state index in [4.69, 9.17) is 10.5 Å². The van der Waals surface area contributed by atoms with Crippen LogP contribution in [-0.4, -0.2) is 50.8 Å². The molecule has 104 valence electrons. The molecule has 0 aromatic heterocycles. The molecule has 1 rings (SSSR count). The number of halogens is 1. The Morgan fingerprint density at radius 2 is 2.12 bits per heavy atom. The van der Waals surface area contributed by atoms with Crippen LogP contribution in [0.3, 0.4) is 0 Å². The lowest BCUT2D eigenvalue weighted by Crippen LogP contribution is -2.49. The van der Waals surface area contributed by atoms with Crippen molar-refractivity contribution in [2.75, 3.05) is 32.1 Å². The Morgan fingerprint density at radius 1 is 1.47 bits per heavy atom. The van der Waals surface area contributed by atoms with Crippen LogP contribution in [0.25, 0.3) is 0 Å². The van der Waals surface area contributed by atoms with Gasteiger partial charge in [0.15, 0.2) is 0 Å². The second kappa shape index (κ2) is 7.53. The first-order valence-corrected chi connectivity index (χ1v) is 7.39. The van der Waals surface area contributed by atoms with Crippen molar-refractivity contribution in [2.24, 2.45) is 11.7 Å². The summed E-state index contributed by atoms with van der Waals surface area (Å²) < 4.78 is 30.5. The SMILES string of the molecule is CCOCCS(=O)(=O)N1CCC(N)C(C)C1.Cl. The maximum atomic E-state index is 11.9. The van der Waals surface area contributed by atoms with Crippen molar-refractivity contribution in [3.05, 3.63) is 0 Å². The second-order valence-corrected chi connectivity index (χ2v) is 6.39. The third kappa shape index (κ3) is 5.09. The predicted molar refractivity (Wildman–Crippen MR) is 70.9 cm³/mol. The minimum Gasteiger partial charge on any atom is -0.381 e. The first-order valence-electron chi connectivity index (χ1n) is 5.78. The molecular weight excluding hydrogens is 264 g/mol. The number of piperidine rings is 1. The van der Waals surface area contributed by atoms with Crippen LogP contribution in [0.2, 0.25) is 0 Å². The first kappa shape index (κ1) is 17.1. The van der Waals surface area contributed by atoms with Gasteiger partial charge in [0.2, 0.25) is 10.0 Å². The minimum atomic E-state index is -3.16. The first-order chi connectivity index (χ1) is 7.47. The number of nitrogens with two attached hydrogens (primary N) is 1. The zero-order chi connectivity index (χ0) is 12.2. The Bertz CT molecular complexity index is 311. The van der Waals surface area contributed by atoms with E-state index in [9.17, 15) is 8.42 Å². The van der Waals surface area contributed by atoms with Gasteiger partial charge in [-0.25, -0.2) is 12.7 Å². The molecule has 17 heavy (non-hydrogen) atoms. The van der Waals surface area contributed by atoms with Crippen molar-refractivity contribution in [1.82, 2.24) is 4.31 Å². The normalized spacial score (nSPS) is 26.5. The Morgan fingerprint density at radius 3 is 2.65 bits per heavy atom. The van der Waals surface area contributed by atoms with E-state index >= 15 is 0 Å². The summed E-state index contributed by atoms with van der Waals surface area (Å²) in [5, 5.41) is 0. The van der Waals surface area contributed by atoms with E-state index in [0.717, 1.165) is 6.42 Å². The van der Waals surface area contributed by atoms with Crippen molar-refractivity contribution in [1.29, 1.82) is 0 Å². The van der Waals surface area contributed by atoms with E-state index < -0.39 is 10.0 Å². The molecule has 1 saturated heterocycles. The lowest BCUT2D eigenvalue weighted by Gasteiger charge is -2.34. The van der Waals surface area contributed by atoms with Gasteiger partial charge in [0, 0.05) is 25.7 Å². The summed E-state index contributed by atoms with van der Waals surface area (Å²) in [6.45, 7) is 5.76. The molecule has 1 aliphatic rings. The number of hydrogen-bond acceptors (Lipinski definition) is 4. The summed E-state index contributed by atoms with van der Waals surface area (Å²) >= 11 is 0. The molecule has 0 bridgehead atoms. The van der Waals surface area contributed by atoms with E-state index in [-0.39, 0.29) is 36.7 Å². The summed E-state index contributed by atoms with van der Waals surface area (Å²) in [5.74, 6) is 0.304. The van der Waals surface area contributed by atoms with Crippen LogP contribution in [0.1, 0.15) is 20.3 Å². The molecule has 0 spiro atoms. The summed E-state index contributed by atoms with van der Waals surface area (Å²) in [4.78, 5) is 0. The molecule has 1 aliphatic heterocycles. The van der Waals surface area contributed by atoms with Crippen molar-refractivity contribution >= 4 is 22.4 Å². The molecule has 7 heteroatoms. The quantitative estimate of drug-likeness (QED) is 0.745. The van der Waals surface area contributed by atoms with Crippen LogP contribution < -0.4 is 5.73 Å². The van der Waals surface area contributed by atoms with E-state index in [1.165, 1.54) is 0 Å². The topological polar surface area (TPSA) is 72.6 Å². The van der Waals surface area contributed by atoms with Gasteiger partial charge in [0.25, 0.3) is 0 Å². The highest BCUT2D eigenvalue weighted by Crippen LogP contribution is 2.18. The highest BCUT2D eigenvalue weighted by atomic mass is 35.5. The summed E-state index contributed by atoms with van der Waals surface area (Å²) in [6.07, 6.45) is 0.745. The zero-order valence-corrected chi connectivity index (χ0v) is 12.1. The molecule has 0 amide bonds. The van der Waals surface area contributed by atoms with Crippen LogP contribution in [0.4, 0.5) is 0 Å². The molecule has 2 unspecified atom stereocenters. The van der Waals surface area contributed by atoms with Crippen LogP contribution in [0.15, 0.2) is 0 Å². The fraction of sp³-hybridized carbons (Fsp3) is 1.00. The van der Waals surface area contributed by atoms with Gasteiger partial charge in [0.1, 0.15) is 0 Å². The number of rotatable bonds is 5. The van der Waals surface area contributed by atoms with Gasteiger partial charge in [-0.15, -0.1) is 12.4 Å². The molecule has 0 radical (unpaired) electrons. The van der Waals surface area contributed by atoms with Crippen LogP contribution >= 0.6 is 12.4 Å². The standard InChI is InChI=1S/C10H22N2O3S.ClH/c1-3-15-6-7-16(13,14)12-5-4-10(11)9(2)8-12;/h9-10H,3-8,11H2,1-2H3;1H. The molecule has 0 saturated carbocycles. The highest BCUT2D eigenvalue weighted by Gasteiger charge is 2.30. The smallest absolute Gasteiger partial charge is 0.216 e. The molecule has 1 heterocycles. The summed E-state index contributed by atoms with van der Waals surface area (Å²) in [6, 6.07) is 0.123. The van der Waals surface area contributed by atoms with Gasteiger partial charge in [-0.1, -0.05) is 6.92 Å². The Labute approximate surface area is 110 Å². The highest BCUT2D eigenvalue weighted by molar-refractivity contribution is 7.89. The van der Waals surface area contributed by atoms with Gasteiger partial charge in [-0.05, 0) is 19.3 Å². The van der Waals surface area contributed by atoms with E-state index in [1.54, 1.807) is 4.31 Å². The molecule has 1 fully saturated rings. The fourth-order valence-corrected chi connectivity index (χ4v) is 3.25. The van der Waals surface area contributed by atoms with Gasteiger partial charge < -0.3 is 10.5 Å². The monoisotopic (exact) mass is 286 g/mol. The van der Waals surface area contributed by atoms with Crippen LogP contribution in [-0.2, 0) is 14.8 Å². The number of sulfonamides is 1. The predicted octanol–water partition coefficient (Wildman–Crippen LogP) is 0.444. The fourth-order valence-electron chi connectivity index (χ4n) is 1.82. The van der Waals surface area contributed by atoms with Crippen LogP contribution in [0, 0.1) is 5.92 Å². The number of hydrogen-bond donors (Lipinski definition) is 1. The minimum absolute atomic E-state index is 0. The van der Waals surface area contributed by atoms with Crippen molar-refractivity contribution in [3.63, 3.8) is 0 Å². The maximum Gasteiger partial charge on any atom is 0.216 e. The number of nitrogens with zero attached hydrogens (tertiary/aromatic N) is 1. The lowest BCUT2D eigenvalue weighted by molar-refractivity contribution is 0.161. The van der Waals surface area contributed by atoms with Gasteiger partial charge in [-0.2, -0.15) is 0 Å². The largest absolute Gasteiger partial charge is 0.381 e. The third-order valence-corrected chi connectivity index (χ3v) is 4.82. The molecule has 0 aromatic rings. The van der Waals surface area contributed by atoms with Gasteiger partial charge in [-0.3, -0.25) is 0 Å². The molecular formula is C10H23ClN2O3S. The van der Waals surface area contributed by atoms with Crippen molar-refractivity contribution in [3.8, 4) is 0 Å². The lowest BCUT2D eigenvalue weighted by atomic mass is 9.96. The molecule has 0 aromatic carbocycles. The van der Waals surface area contributed by atoms with E-state index in [0.29, 0.717) is 19.7 Å². The number of ether oxygens (including phenoxy) is 1. The average molecular weight is 287 g/mol. The zero-order valence-electron chi connectivity index (χ0n) is 10.5. The summed E-state index contributed by atoms with van der Waals surface area (Å²) in [5.41, 5.74) is 5.86. The molecule has 0 aliphatic carbocycles. The second-order valence-electron chi connectivity index (χ2n) is 4.30. The van der Waals surface area contributed by atoms with Crippen LogP contribution in [0.5, 0.6) is 0 Å². The average Bonchev–Trinajstić information content (AvgIpc) is 2.22. The Balaban J connectivity index is 0.00000256. The molecule has 5 nitrogen and oxygen atoms in total. The van der Waals surface area contributed by atoms with E-state index in [1.807, 2.05) is 13.8 Å². The van der Waals surface area contributed by atoms with Gasteiger partial charge in [0.05, 0.1) is 12.4 Å². The van der Waals surface area contributed by atoms with Crippen molar-refractivity contribution in [2.45, 2.75) is 26.3 Å². The maximum absolute atomic E-state index is 11.9. The third-order valence-electron chi connectivity index (χ3n) is 3.02. The van der Waals surface area contributed by atoms with Gasteiger partial charge >= 0.3 is 0 Å². The Hall–Kier alpha value is 0.120. The molecule has 2 N–H and O–H groups in total. The van der Waals surface area contributed by atoms with E-state index in [2.05, 4.69) is 0 Å². The summed E-state index contributed by atoms with van der Waals surface area (Å²) in [7, 11) is -3.16. The van der Waals surface area contributed by atoms with Crippen molar-refractivity contribution < 1.29 is 13.2 Å².